The first-order chi connectivity index (χ1) is 10.7. The molecule has 0 N–H and O–H groups in total. The van der Waals surface area contributed by atoms with Crippen LogP contribution in [0.15, 0.2) is 8.94 Å². The van der Waals surface area contributed by atoms with E-state index in [-0.39, 0.29) is 11.8 Å². The summed E-state index contributed by atoms with van der Waals surface area (Å²) in [4.78, 5) is 6.68. The maximum absolute atomic E-state index is 5.81. The highest BCUT2D eigenvalue weighted by molar-refractivity contribution is 5.27. The lowest BCUT2D eigenvalue weighted by atomic mass is 9.98. The topological polar surface area (TPSA) is 81.1 Å². The Kier molecular flexibility index (Phi) is 3.35. The summed E-state index contributed by atoms with van der Waals surface area (Å²) in [5, 5.41) is 12.4. The van der Waals surface area contributed by atoms with Crippen LogP contribution in [-0.4, -0.2) is 33.4 Å². The Morgan fingerprint density at radius 1 is 1.09 bits per heavy atom. The number of nitrogens with zero attached hydrogens (tertiary/aromatic N) is 5. The number of aromatic nitrogens is 4. The lowest BCUT2D eigenvalue weighted by Gasteiger charge is -2.29. The molecule has 1 saturated carbocycles. The third-order valence-corrected chi connectivity index (χ3v) is 4.37. The molecule has 118 valence electrons. The van der Waals surface area contributed by atoms with Crippen LogP contribution in [0, 0.1) is 0 Å². The van der Waals surface area contributed by atoms with E-state index < -0.39 is 0 Å². The number of anilines is 1. The van der Waals surface area contributed by atoms with Gasteiger partial charge in [0.1, 0.15) is 0 Å². The monoisotopic (exact) mass is 303 g/mol. The molecule has 1 aliphatic heterocycles. The molecule has 0 bridgehead atoms. The zero-order chi connectivity index (χ0) is 15.1. The Labute approximate surface area is 129 Å². The summed E-state index contributed by atoms with van der Waals surface area (Å²) in [6.45, 7) is 5.87. The van der Waals surface area contributed by atoms with Crippen LogP contribution in [0.2, 0.25) is 0 Å². The number of rotatable bonds is 4. The largest absolute Gasteiger partial charge is 0.408 e. The molecule has 2 aromatic heterocycles. The lowest BCUT2D eigenvalue weighted by Crippen LogP contribution is -2.34. The van der Waals surface area contributed by atoms with Crippen molar-refractivity contribution >= 4 is 6.01 Å². The highest BCUT2D eigenvalue weighted by Crippen LogP contribution is 2.40. The Hall–Kier alpha value is -1.92. The van der Waals surface area contributed by atoms with Gasteiger partial charge < -0.3 is 13.8 Å². The van der Waals surface area contributed by atoms with Gasteiger partial charge in [-0.25, -0.2) is 0 Å². The normalized spacial score (nSPS) is 22.5. The van der Waals surface area contributed by atoms with Crippen molar-refractivity contribution in [2.45, 2.75) is 57.3 Å². The van der Waals surface area contributed by atoms with E-state index in [9.17, 15) is 0 Å². The Morgan fingerprint density at radius 2 is 1.95 bits per heavy atom. The molecule has 1 saturated heterocycles. The van der Waals surface area contributed by atoms with Gasteiger partial charge in [0.05, 0.1) is 5.92 Å². The Morgan fingerprint density at radius 3 is 2.68 bits per heavy atom. The molecule has 1 atom stereocenters. The third-order valence-electron chi connectivity index (χ3n) is 4.37. The van der Waals surface area contributed by atoms with Gasteiger partial charge in [-0.2, -0.15) is 4.98 Å². The molecule has 1 aliphatic carbocycles. The molecule has 0 spiro atoms. The summed E-state index contributed by atoms with van der Waals surface area (Å²) >= 11 is 0. The Balaban J connectivity index is 1.48. The van der Waals surface area contributed by atoms with Crippen LogP contribution in [0.5, 0.6) is 0 Å². The molecule has 0 amide bonds. The van der Waals surface area contributed by atoms with Crippen LogP contribution in [0.3, 0.4) is 0 Å². The fourth-order valence-corrected chi connectivity index (χ4v) is 2.85. The van der Waals surface area contributed by atoms with Crippen LogP contribution in [0.25, 0.3) is 0 Å². The quantitative estimate of drug-likeness (QED) is 0.859. The SMILES string of the molecule is CC(C)c1noc([C@H]2CCCN(c3nnc(C4CC4)o3)C2)n1. The summed E-state index contributed by atoms with van der Waals surface area (Å²) in [7, 11) is 0. The van der Waals surface area contributed by atoms with Gasteiger partial charge in [0.15, 0.2) is 5.82 Å². The smallest absolute Gasteiger partial charge is 0.318 e. The predicted molar refractivity (Wildman–Crippen MR) is 78.8 cm³/mol. The van der Waals surface area contributed by atoms with Crippen molar-refractivity contribution in [3.8, 4) is 0 Å². The second kappa shape index (κ2) is 5.37. The number of hydrogen-bond donors (Lipinski definition) is 0. The van der Waals surface area contributed by atoms with E-state index in [2.05, 4.69) is 39.1 Å². The number of piperidine rings is 1. The molecule has 7 nitrogen and oxygen atoms in total. The standard InChI is InChI=1S/C15H21N5O2/c1-9(2)12-16-13(22-19-12)11-4-3-7-20(8-11)15-18-17-14(21-15)10-5-6-10/h9-11H,3-8H2,1-2H3/t11-/m0/s1. The summed E-state index contributed by atoms with van der Waals surface area (Å²) in [5.41, 5.74) is 0. The van der Waals surface area contributed by atoms with Crippen molar-refractivity contribution < 1.29 is 8.94 Å². The fourth-order valence-electron chi connectivity index (χ4n) is 2.85. The summed E-state index contributed by atoms with van der Waals surface area (Å²) in [5.74, 6) is 3.32. The van der Waals surface area contributed by atoms with Crippen LogP contribution < -0.4 is 4.90 Å². The van der Waals surface area contributed by atoms with Crippen molar-refractivity contribution in [2.24, 2.45) is 0 Å². The second-order valence-corrected chi connectivity index (χ2v) is 6.63. The highest BCUT2D eigenvalue weighted by Gasteiger charge is 2.32. The molecular weight excluding hydrogens is 282 g/mol. The average molecular weight is 303 g/mol. The summed E-state index contributed by atoms with van der Waals surface area (Å²) < 4.78 is 11.3. The van der Waals surface area contributed by atoms with E-state index in [1.807, 2.05) is 0 Å². The summed E-state index contributed by atoms with van der Waals surface area (Å²) in [6, 6.07) is 0.634. The fraction of sp³-hybridized carbons (Fsp3) is 0.733. The van der Waals surface area contributed by atoms with Crippen molar-refractivity contribution in [1.29, 1.82) is 0 Å². The van der Waals surface area contributed by atoms with Crippen molar-refractivity contribution in [2.75, 3.05) is 18.0 Å². The van der Waals surface area contributed by atoms with Gasteiger partial charge >= 0.3 is 6.01 Å². The predicted octanol–water partition coefficient (Wildman–Crippen LogP) is 2.84. The molecule has 2 aromatic rings. The second-order valence-electron chi connectivity index (χ2n) is 6.63. The first-order valence-corrected chi connectivity index (χ1v) is 8.12. The Bertz CT molecular complexity index is 600. The number of hydrogen-bond acceptors (Lipinski definition) is 7. The van der Waals surface area contributed by atoms with E-state index in [0.717, 1.165) is 43.5 Å². The third kappa shape index (κ3) is 2.60. The van der Waals surface area contributed by atoms with Crippen LogP contribution in [-0.2, 0) is 0 Å². The molecule has 7 heteroatoms. The zero-order valence-corrected chi connectivity index (χ0v) is 13.0. The molecule has 0 aromatic carbocycles. The van der Waals surface area contributed by atoms with Crippen LogP contribution in [0.4, 0.5) is 6.01 Å². The van der Waals surface area contributed by atoms with E-state index in [1.54, 1.807) is 0 Å². The minimum Gasteiger partial charge on any atom is -0.408 e. The first-order valence-electron chi connectivity index (χ1n) is 8.12. The molecular formula is C15H21N5O2. The highest BCUT2D eigenvalue weighted by atomic mass is 16.5. The average Bonchev–Trinajstić information content (AvgIpc) is 3.06. The van der Waals surface area contributed by atoms with Gasteiger partial charge in [-0.05, 0) is 25.7 Å². The molecule has 0 radical (unpaired) electrons. The molecule has 4 rings (SSSR count). The minimum atomic E-state index is 0.241. The van der Waals surface area contributed by atoms with Crippen molar-refractivity contribution in [3.05, 3.63) is 17.6 Å². The van der Waals surface area contributed by atoms with Gasteiger partial charge in [-0.1, -0.05) is 24.1 Å². The molecule has 3 heterocycles. The van der Waals surface area contributed by atoms with Crippen LogP contribution in [0.1, 0.15) is 74.9 Å². The van der Waals surface area contributed by atoms with E-state index >= 15 is 0 Å². The van der Waals surface area contributed by atoms with Crippen LogP contribution >= 0.6 is 0 Å². The van der Waals surface area contributed by atoms with Gasteiger partial charge in [0.2, 0.25) is 11.8 Å². The maximum atomic E-state index is 5.81. The van der Waals surface area contributed by atoms with E-state index in [1.165, 1.54) is 12.8 Å². The molecule has 2 aliphatic rings. The lowest BCUT2D eigenvalue weighted by molar-refractivity contribution is 0.325. The first kappa shape index (κ1) is 13.7. The van der Waals surface area contributed by atoms with Gasteiger partial charge in [-0.15, -0.1) is 5.10 Å². The zero-order valence-electron chi connectivity index (χ0n) is 13.0. The van der Waals surface area contributed by atoms with Gasteiger partial charge in [0, 0.05) is 24.9 Å². The van der Waals surface area contributed by atoms with Gasteiger partial charge in [-0.3, -0.25) is 0 Å². The van der Waals surface area contributed by atoms with Crippen molar-refractivity contribution in [1.82, 2.24) is 20.3 Å². The maximum Gasteiger partial charge on any atom is 0.318 e. The van der Waals surface area contributed by atoms with E-state index in [4.69, 9.17) is 8.94 Å². The van der Waals surface area contributed by atoms with E-state index in [0.29, 0.717) is 11.9 Å². The van der Waals surface area contributed by atoms with Crippen molar-refractivity contribution in [3.63, 3.8) is 0 Å². The van der Waals surface area contributed by atoms with Gasteiger partial charge in [0.25, 0.3) is 0 Å². The molecule has 0 unspecified atom stereocenters. The minimum absolute atomic E-state index is 0.241. The summed E-state index contributed by atoms with van der Waals surface area (Å²) in [6.07, 6.45) is 4.46. The molecule has 22 heavy (non-hydrogen) atoms. The molecule has 2 fully saturated rings.